The maximum atomic E-state index is 10.6. The lowest BCUT2D eigenvalue weighted by Gasteiger charge is -2.09. The van der Waals surface area contributed by atoms with Crippen LogP contribution in [0.1, 0.15) is 11.6 Å². The van der Waals surface area contributed by atoms with Crippen LogP contribution >= 0.6 is 0 Å². The molecule has 1 aromatic rings. The third kappa shape index (κ3) is 2.30. The van der Waals surface area contributed by atoms with Crippen LogP contribution in [0.15, 0.2) is 30.3 Å². The Kier molecular flexibility index (Phi) is 3.03. The molecule has 0 fully saturated rings. The smallest absolute Gasteiger partial charge is 0.330 e. The van der Waals surface area contributed by atoms with E-state index in [1.807, 2.05) is 0 Å². The van der Waals surface area contributed by atoms with Crippen LogP contribution in [0.4, 0.5) is 0 Å². The quantitative estimate of drug-likeness (QED) is 0.658. The molecule has 0 aromatic heterocycles. The number of carbonyl (C=O) groups is 1. The van der Waals surface area contributed by atoms with Gasteiger partial charge in [0.25, 0.3) is 0 Å². The molecule has 0 aliphatic heterocycles. The molecule has 0 heterocycles. The van der Waals surface area contributed by atoms with Crippen LogP contribution < -0.4 is 5.32 Å². The summed E-state index contributed by atoms with van der Waals surface area (Å²) in [5, 5.41) is 10.8. The first kappa shape index (κ1) is 9.25. The van der Waals surface area contributed by atoms with Gasteiger partial charge in [0.15, 0.2) is 6.04 Å². The Morgan fingerprint density at radius 1 is 1.38 bits per heavy atom. The van der Waals surface area contributed by atoms with Crippen molar-refractivity contribution in [2.24, 2.45) is 0 Å². The average molecular weight is 178 g/mol. The molecule has 13 heavy (non-hydrogen) atoms. The Balaban J connectivity index is 2.88. The molecule has 1 atom stereocenters. The Hall–Kier alpha value is -1.84. The van der Waals surface area contributed by atoms with Gasteiger partial charge in [-0.1, -0.05) is 30.3 Å². The number of benzene rings is 1. The zero-order valence-electron chi connectivity index (χ0n) is 6.73. The minimum atomic E-state index is -1.10. The third-order valence-electron chi connectivity index (χ3n) is 1.58. The van der Waals surface area contributed by atoms with Crippen molar-refractivity contribution < 1.29 is 14.7 Å². The zero-order chi connectivity index (χ0) is 9.68. The van der Waals surface area contributed by atoms with E-state index < -0.39 is 12.0 Å². The van der Waals surface area contributed by atoms with Crippen molar-refractivity contribution in [1.29, 1.82) is 0 Å². The summed E-state index contributed by atoms with van der Waals surface area (Å²) < 4.78 is 0. The highest BCUT2D eigenvalue weighted by Crippen LogP contribution is 2.11. The fourth-order valence-electron chi connectivity index (χ4n) is 0.992. The Labute approximate surface area is 75.2 Å². The number of carboxylic acids is 1. The highest BCUT2D eigenvalue weighted by atomic mass is 16.4. The lowest BCUT2D eigenvalue weighted by molar-refractivity contribution is -0.139. The van der Waals surface area contributed by atoms with Crippen molar-refractivity contribution in [3.05, 3.63) is 35.9 Å². The number of amides is 1. The van der Waals surface area contributed by atoms with E-state index in [4.69, 9.17) is 5.11 Å². The highest BCUT2D eigenvalue weighted by molar-refractivity contribution is 5.78. The summed E-state index contributed by atoms with van der Waals surface area (Å²) in [7, 11) is 0. The molecule has 1 aromatic carbocycles. The second-order valence-corrected chi connectivity index (χ2v) is 2.43. The summed E-state index contributed by atoms with van der Waals surface area (Å²) in [5.74, 6) is -1.10. The number of carboxylic acid groups (broad SMARTS) is 1. The Morgan fingerprint density at radius 2 is 2.00 bits per heavy atom. The number of rotatable bonds is 4. The molecule has 0 saturated carbocycles. The second kappa shape index (κ2) is 4.25. The maximum absolute atomic E-state index is 10.6. The fraction of sp³-hybridized carbons (Fsp3) is 0.111. The van der Waals surface area contributed by atoms with Gasteiger partial charge in [-0.25, -0.2) is 4.79 Å². The highest BCUT2D eigenvalue weighted by Gasteiger charge is 2.17. The maximum Gasteiger partial charge on any atom is 0.330 e. The lowest BCUT2D eigenvalue weighted by Crippen LogP contribution is -2.27. The van der Waals surface area contributed by atoms with Gasteiger partial charge in [-0.2, -0.15) is 0 Å². The summed E-state index contributed by atoms with van der Waals surface area (Å²) in [6, 6.07) is 7.42. The molecule has 0 aliphatic rings. The summed E-state index contributed by atoms with van der Waals surface area (Å²) >= 11 is 0. The SMILES string of the molecule is O=[C]NC(C(=O)O)c1ccccc1. The molecule has 0 spiro atoms. The number of hydrogen-bond acceptors (Lipinski definition) is 2. The number of hydrogen-bond donors (Lipinski definition) is 2. The monoisotopic (exact) mass is 178 g/mol. The van der Waals surface area contributed by atoms with Crippen LogP contribution in [0, 0.1) is 0 Å². The molecular weight excluding hydrogens is 170 g/mol. The van der Waals surface area contributed by atoms with Crippen molar-refractivity contribution >= 4 is 12.4 Å². The molecule has 0 aliphatic carbocycles. The largest absolute Gasteiger partial charge is 0.479 e. The first-order valence-electron chi connectivity index (χ1n) is 3.66. The molecule has 0 saturated heterocycles. The predicted octanol–water partition coefficient (Wildman–Crippen LogP) is 0.469. The van der Waals surface area contributed by atoms with E-state index in [0.29, 0.717) is 5.56 Å². The summed E-state index contributed by atoms with van der Waals surface area (Å²) in [4.78, 5) is 20.6. The molecule has 1 rings (SSSR count). The Bertz CT molecular complexity index is 297. The molecule has 67 valence electrons. The van der Waals surface area contributed by atoms with Gasteiger partial charge in [-0.15, -0.1) is 0 Å². The van der Waals surface area contributed by atoms with Gasteiger partial charge in [0.2, 0.25) is 0 Å². The van der Waals surface area contributed by atoms with Crippen molar-refractivity contribution in [1.82, 2.24) is 5.32 Å². The van der Waals surface area contributed by atoms with Crippen molar-refractivity contribution in [3.8, 4) is 0 Å². The summed E-state index contributed by atoms with van der Waals surface area (Å²) in [6.07, 6.45) is 1.37. The number of carbonyl (C=O) groups excluding carboxylic acids is 1. The molecule has 4 nitrogen and oxygen atoms in total. The molecule has 0 bridgehead atoms. The Morgan fingerprint density at radius 3 is 2.46 bits per heavy atom. The normalized spacial score (nSPS) is 11.7. The van der Waals surface area contributed by atoms with Gasteiger partial charge in [-0.05, 0) is 5.56 Å². The minimum Gasteiger partial charge on any atom is -0.479 e. The van der Waals surface area contributed by atoms with Crippen LogP contribution in [0.5, 0.6) is 0 Å². The van der Waals surface area contributed by atoms with E-state index in [1.165, 1.54) is 6.41 Å². The minimum absolute atomic E-state index is 0.526. The van der Waals surface area contributed by atoms with Gasteiger partial charge in [0.05, 0.1) is 0 Å². The van der Waals surface area contributed by atoms with Gasteiger partial charge in [-0.3, -0.25) is 4.79 Å². The van der Waals surface area contributed by atoms with E-state index in [-0.39, 0.29) is 0 Å². The van der Waals surface area contributed by atoms with Gasteiger partial charge in [0, 0.05) is 0 Å². The van der Waals surface area contributed by atoms with E-state index in [0.717, 1.165) is 0 Å². The van der Waals surface area contributed by atoms with Gasteiger partial charge >= 0.3 is 12.4 Å². The van der Waals surface area contributed by atoms with Crippen molar-refractivity contribution in [2.45, 2.75) is 6.04 Å². The average Bonchev–Trinajstić information content (AvgIpc) is 2.15. The summed E-state index contributed by atoms with van der Waals surface area (Å²) in [5.41, 5.74) is 0.526. The van der Waals surface area contributed by atoms with Gasteiger partial charge in [0.1, 0.15) is 0 Å². The van der Waals surface area contributed by atoms with Crippen LogP contribution in [-0.4, -0.2) is 17.5 Å². The molecule has 1 radical (unpaired) electrons. The number of nitrogens with one attached hydrogen (secondary N) is 1. The van der Waals surface area contributed by atoms with Crippen molar-refractivity contribution in [3.63, 3.8) is 0 Å². The predicted molar refractivity (Wildman–Crippen MR) is 45.6 cm³/mol. The topological polar surface area (TPSA) is 66.4 Å². The third-order valence-corrected chi connectivity index (χ3v) is 1.58. The first-order chi connectivity index (χ1) is 6.25. The molecule has 4 heteroatoms. The summed E-state index contributed by atoms with van der Waals surface area (Å²) in [6.45, 7) is 0. The fourth-order valence-corrected chi connectivity index (χ4v) is 0.992. The van der Waals surface area contributed by atoms with E-state index in [9.17, 15) is 9.59 Å². The van der Waals surface area contributed by atoms with Gasteiger partial charge < -0.3 is 10.4 Å². The zero-order valence-corrected chi connectivity index (χ0v) is 6.73. The lowest BCUT2D eigenvalue weighted by atomic mass is 10.1. The van der Waals surface area contributed by atoms with Crippen LogP contribution in [0.2, 0.25) is 0 Å². The standard InChI is InChI=1S/C9H8NO3/c11-6-10-8(9(12)13)7-4-2-1-3-5-7/h1-5,8H,(H,10,11)(H,12,13). The van der Waals surface area contributed by atoms with E-state index >= 15 is 0 Å². The van der Waals surface area contributed by atoms with Crippen LogP contribution in [0.3, 0.4) is 0 Å². The number of aliphatic carboxylic acids is 1. The van der Waals surface area contributed by atoms with Crippen LogP contribution in [-0.2, 0) is 9.59 Å². The molecular formula is C9H8NO3. The molecule has 2 N–H and O–H groups in total. The van der Waals surface area contributed by atoms with E-state index in [1.54, 1.807) is 30.3 Å². The van der Waals surface area contributed by atoms with Crippen LogP contribution in [0.25, 0.3) is 0 Å². The first-order valence-corrected chi connectivity index (χ1v) is 3.66. The second-order valence-electron chi connectivity index (χ2n) is 2.43. The van der Waals surface area contributed by atoms with E-state index in [2.05, 4.69) is 5.32 Å². The molecule has 1 amide bonds. The van der Waals surface area contributed by atoms with Crippen molar-refractivity contribution in [2.75, 3.05) is 0 Å². The molecule has 1 unspecified atom stereocenters.